The van der Waals surface area contributed by atoms with E-state index in [1.54, 1.807) is 11.8 Å². The third kappa shape index (κ3) is 1.87. The Kier molecular flexibility index (Phi) is 2.42. The van der Waals surface area contributed by atoms with Gasteiger partial charge in [-0.25, -0.2) is 0 Å². The van der Waals surface area contributed by atoms with Gasteiger partial charge in [-0.1, -0.05) is 37.2 Å². The van der Waals surface area contributed by atoms with Crippen molar-refractivity contribution in [1.82, 2.24) is 0 Å². The Hall–Kier alpha value is 0.310. The summed E-state index contributed by atoms with van der Waals surface area (Å²) in [5.41, 5.74) is 0. The monoisotopic (exact) mass is 163 g/mol. The maximum atomic E-state index is 5.69. The maximum Gasteiger partial charge on any atom is 0.158 e. The molecule has 1 aliphatic rings. The number of rotatable bonds is 0. The summed E-state index contributed by atoms with van der Waals surface area (Å²) in [5, 5.41) is 0.634. The fourth-order valence-electron chi connectivity index (χ4n) is 0.671. The van der Waals surface area contributed by atoms with E-state index in [2.05, 4.69) is 18.8 Å². The highest BCUT2D eigenvalue weighted by atomic mass is 35.5. The Morgan fingerprint density at radius 2 is 2.33 bits per heavy atom. The lowest BCUT2D eigenvalue weighted by atomic mass is 10.1. The zero-order valence-electron chi connectivity index (χ0n) is 5.60. The lowest BCUT2D eigenvalue weighted by Gasteiger charge is -2.20. The van der Waals surface area contributed by atoms with E-state index in [-0.39, 0.29) is 0 Å². The molecule has 0 radical (unpaired) electrons. The summed E-state index contributed by atoms with van der Waals surface area (Å²) in [5.74, 6) is 0.678. The third-order valence-corrected chi connectivity index (χ3v) is 3.13. The number of nitrogens with zero attached hydrogens (tertiary/aromatic N) is 1. The molecule has 1 nitrogen and oxygen atoms in total. The van der Waals surface area contributed by atoms with Gasteiger partial charge in [0.25, 0.3) is 0 Å². The molecule has 0 spiro atoms. The van der Waals surface area contributed by atoms with Gasteiger partial charge in [0.05, 0.1) is 0 Å². The predicted octanol–water partition coefficient (Wildman–Crippen LogP) is 2.35. The molecule has 1 heterocycles. The first-order valence-corrected chi connectivity index (χ1v) is 4.32. The number of halogens is 1. The number of hydrogen-bond acceptors (Lipinski definition) is 2. The van der Waals surface area contributed by atoms with Gasteiger partial charge in [-0.15, -0.1) is 0 Å². The highest BCUT2D eigenvalue weighted by Gasteiger charge is 2.18. The lowest BCUT2D eigenvalue weighted by Crippen LogP contribution is -2.18. The van der Waals surface area contributed by atoms with Crippen molar-refractivity contribution < 1.29 is 0 Å². The highest BCUT2D eigenvalue weighted by Crippen LogP contribution is 2.27. The smallest absolute Gasteiger partial charge is 0.158 e. The van der Waals surface area contributed by atoms with E-state index in [0.29, 0.717) is 11.2 Å². The van der Waals surface area contributed by atoms with E-state index < -0.39 is 0 Å². The van der Waals surface area contributed by atoms with E-state index in [4.69, 9.17) is 11.6 Å². The molecule has 0 saturated heterocycles. The van der Waals surface area contributed by atoms with E-state index >= 15 is 0 Å². The van der Waals surface area contributed by atoms with Gasteiger partial charge < -0.3 is 0 Å². The van der Waals surface area contributed by atoms with Crippen molar-refractivity contribution in [2.24, 2.45) is 10.9 Å². The molecule has 0 N–H and O–H groups in total. The van der Waals surface area contributed by atoms with Gasteiger partial charge >= 0.3 is 0 Å². The van der Waals surface area contributed by atoms with Crippen molar-refractivity contribution in [3.63, 3.8) is 0 Å². The molecular formula is C6H10ClNS. The van der Waals surface area contributed by atoms with Gasteiger partial charge in [0.2, 0.25) is 0 Å². The zero-order valence-corrected chi connectivity index (χ0v) is 7.17. The number of aliphatic imine (C=N–C) groups is 1. The van der Waals surface area contributed by atoms with Crippen LogP contribution in [0.1, 0.15) is 13.8 Å². The first-order chi connectivity index (χ1) is 4.20. The van der Waals surface area contributed by atoms with Gasteiger partial charge in [0.15, 0.2) is 4.50 Å². The van der Waals surface area contributed by atoms with Crippen LogP contribution in [0.15, 0.2) is 4.99 Å². The van der Waals surface area contributed by atoms with Gasteiger partial charge in [-0.3, -0.25) is 4.99 Å². The minimum absolute atomic E-state index is 0.634. The fraction of sp³-hybridized carbons (Fsp3) is 0.833. The summed E-state index contributed by atoms with van der Waals surface area (Å²) in [6.45, 7) is 5.28. The molecule has 1 aliphatic heterocycles. The second kappa shape index (κ2) is 2.93. The Balaban J connectivity index is 2.54. The van der Waals surface area contributed by atoms with Gasteiger partial charge in [-0.05, 0) is 5.92 Å². The third-order valence-electron chi connectivity index (χ3n) is 1.59. The molecule has 0 aromatic carbocycles. The van der Waals surface area contributed by atoms with Crippen LogP contribution in [0.5, 0.6) is 0 Å². The molecule has 2 atom stereocenters. The van der Waals surface area contributed by atoms with Crippen LogP contribution in [0.25, 0.3) is 0 Å². The van der Waals surface area contributed by atoms with Gasteiger partial charge in [0.1, 0.15) is 0 Å². The molecule has 0 bridgehead atoms. The summed E-state index contributed by atoms with van der Waals surface area (Å²) in [6.07, 6.45) is 0. The van der Waals surface area contributed by atoms with Crippen LogP contribution in [-0.4, -0.2) is 16.3 Å². The molecule has 2 unspecified atom stereocenters. The standard InChI is InChI=1S/C6H10ClNS/c1-4-3-8-6(7)9-5(4)2/h4-5H,3H2,1-2H3. The Morgan fingerprint density at radius 1 is 1.67 bits per heavy atom. The van der Waals surface area contributed by atoms with Crippen LogP contribution in [-0.2, 0) is 0 Å². The molecule has 3 heteroatoms. The summed E-state index contributed by atoms with van der Waals surface area (Å²) >= 11 is 7.35. The summed E-state index contributed by atoms with van der Waals surface area (Å²) < 4.78 is 0.723. The molecule has 0 saturated carbocycles. The Bertz CT molecular complexity index is 135. The second-order valence-electron chi connectivity index (χ2n) is 2.39. The highest BCUT2D eigenvalue weighted by molar-refractivity contribution is 8.17. The zero-order chi connectivity index (χ0) is 6.85. The van der Waals surface area contributed by atoms with Crippen LogP contribution in [0.3, 0.4) is 0 Å². The van der Waals surface area contributed by atoms with E-state index in [1.807, 2.05) is 0 Å². The minimum Gasteiger partial charge on any atom is -0.267 e. The normalized spacial score (nSPS) is 36.1. The average molecular weight is 164 g/mol. The van der Waals surface area contributed by atoms with Crippen molar-refractivity contribution in [1.29, 1.82) is 0 Å². The molecule has 0 aromatic heterocycles. The predicted molar refractivity (Wildman–Crippen MR) is 44.4 cm³/mol. The van der Waals surface area contributed by atoms with Crippen LogP contribution in [0.2, 0.25) is 0 Å². The first-order valence-electron chi connectivity index (χ1n) is 3.06. The number of hydrogen-bond donors (Lipinski definition) is 0. The second-order valence-corrected chi connectivity index (χ2v) is 4.34. The Morgan fingerprint density at radius 3 is 2.78 bits per heavy atom. The van der Waals surface area contributed by atoms with Crippen LogP contribution in [0, 0.1) is 5.92 Å². The largest absolute Gasteiger partial charge is 0.267 e. The summed E-state index contributed by atoms with van der Waals surface area (Å²) in [6, 6.07) is 0. The van der Waals surface area contributed by atoms with Gasteiger partial charge in [-0.2, -0.15) is 0 Å². The van der Waals surface area contributed by atoms with E-state index in [9.17, 15) is 0 Å². The van der Waals surface area contributed by atoms with Crippen LogP contribution >= 0.6 is 23.4 Å². The van der Waals surface area contributed by atoms with Gasteiger partial charge in [0, 0.05) is 11.8 Å². The summed E-state index contributed by atoms with van der Waals surface area (Å²) in [7, 11) is 0. The Labute approximate surface area is 64.9 Å². The first kappa shape index (κ1) is 7.42. The van der Waals surface area contributed by atoms with Crippen LogP contribution < -0.4 is 0 Å². The molecule has 1 rings (SSSR count). The van der Waals surface area contributed by atoms with E-state index in [1.165, 1.54) is 0 Å². The van der Waals surface area contributed by atoms with Crippen LogP contribution in [0.4, 0.5) is 0 Å². The SMILES string of the molecule is CC1CN=C(Cl)SC1C. The van der Waals surface area contributed by atoms with Crippen molar-refractivity contribution in [3.05, 3.63) is 0 Å². The topological polar surface area (TPSA) is 12.4 Å². The molecule has 0 aliphatic carbocycles. The average Bonchev–Trinajstić information content (AvgIpc) is 1.80. The molecule has 52 valence electrons. The molecule has 0 amide bonds. The molecular weight excluding hydrogens is 154 g/mol. The molecule has 0 fully saturated rings. The molecule has 9 heavy (non-hydrogen) atoms. The fourth-order valence-corrected chi connectivity index (χ4v) is 1.94. The van der Waals surface area contributed by atoms with E-state index in [0.717, 1.165) is 11.0 Å². The van der Waals surface area contributed by atoms with Crippen molar-refractivity contribution in [2.75, 3.05) is 6.54 Å². The maximum absolute atomic E-state index is 5.69. The van der Waals surface area contributed by atoms with Crippen molar-refractivity contribution >= 4 is 27.9 Å². The molecule has 0 aromatic rings. The quantitative estimate of drug-likeness (QED) is 0.534. The van der Waals surface area contributed by atoms with Crippen molar-refractivity contribution in [3.8, 4) is 0 Å². The minimum atomic E-state index is 0.634. The summed E-state index contributed by atoms with van der Waals surface area (Å²) in [4.78, 5) is 4.11. The number of thioether (sulfide) groups is 1. The lowest BCUT2D eigenvalue weighted by molar-refractivity contribution is 0.589. The van der Waals surface area contributed by atoms with Crippen molar-refractivity contribution in [2.45, 2.75) is 19.1 Å².